The standard InChI is InChI=1S/C23H29N3O2/c1-23(18-7-5-4-6-8-18)14-20(23)22(28)25-15-19(26(2)3)13-16-9-11-17(12-10-16)21(24)27/h4-12,19-20H,13-15H2,1-3H3,(H2,24,27)(H,25,28)/t19?,20-,23-/m0/s1. The van der Waals surface area contributed by atoms with Crippen molar-refractivity contribution in [1.29, 1.82) is 0 Å². The summed E-state index contributed by atoms with van der Waals surface area (Å²) in [5.74, 6) is -0.260. The number of nitrogens with zero attached hydrogens (tertiary/aromatic N) is 1. The van der Waals surface area contributed by atoms with Crippen molar-refractivity contribution in [2.24, 2.45) is 11.7 Å². The number of likely N-dealkylation sites (N-methyl/N-ethyl adjacent to an activating group) is 1. The normalized spacial score (nSPS) is 21.9. The molecule has 1 unspecified atom stereocenters. The molecular formula is C23H29N3O2. The summed E-state index contributed by atoms with van der Waals surface area (Å²) >= 11 is 0. The summed E-state index contributed by atoms with van der Waals surface area (Å²) in [6.07, 6.45) is 1.68. The number of primary amides is 1. The molecule has 1 aliphatic carbocycles. The average molecular weight is 380 g/mol. The molecule has 5 nitrogen and oxygen atoms in total. The Morgan fingerprint density at radius 3 is 2.36 bits per heavy atom. The molecule has 3 N–H and O–H groups in total. The van der Waals surface area contributed by atoms with E-state index in [4.69, 9.17) is 5.73 Å². The van der Waals surface area contributed by atoms with Gasteiger partial charge in [0.2, 0.25) is 11.8 Å². The van der Waals surface area contributed by atoms with E-state index in [1.165, 1.54) is 5.56 Å². The van der Waals surface area contributed by atoms with Crippen LogP contribution in [-0.2, 0) is 16.6 Å². The highest BCUT2D eigenvalue weighted by Gasteiger charge is 2.55. The van der Waals surface area contributed by atoms with Gasteiger partial charge in [-0.05, 0) is 50.2 Å². The maximum absolute atomic E-state index is 12.7. The molecule has 0 spiro atoms. The third-order valence-electron chi connectivity index (χ3n) is 5.94. The summed E-state index contributed by atoms with van der Waals surface area (Å²) in [6, 6.07) is 17.8. The predicted octanol–water partition coefficient (Wildman–Crippen LogP) is 2.35. The lowest BCUT2D eigenvalue weighted by atomic mass is 9.95. The van der Waals surface area contributed by atoms with Crippen LogP contribution in [0, 0.1) is 5.92 Å². The fraction of sp³-hybridized carbons (Fsp3) is 0.391. The summed E-state index contributed by atoms with van der Waals surface area (Å²) in [7, 11) is 4.03. The van der Waals surface area contributed by atoms with Gasteiger partial charge < -0.3 is 16.0 Å². The number of rotatable bonds is 8. The second-order valence-electron chi connectivity index (χ2n) is 8.17. The first-order chi connectivity index (χ1) is 13.3. The van der Waals surface area contributed by atoms with Gasteiger partial charge in [-0.3, -0.25) is 9.59 Å². The zero-order chi connectivity index (χ0) is 20.3. The molecular weight excluding hydrogens is 350 g/mol. The SMILES string of the molecule is CN(C)C(CNC(=O)[C@@H]1C[C@@]1(C)c1ccccc1)Cc1ccc(C(N)=O)cc1. The van der Waals surface area contributed by atoms with E-state index in [0.29, 0.717) is 12.1 Å². The van der Waals surface area contributed by atoms with Gasteiger partial charge in [-0.1, -0.05) is 49.4 Å². The van der Waals surface area contributed by atoms with Crippen LogP contribution in [0.25, 0.3) is 0 Å². The minimum absolute atomic E-state index is 0.0348. The predicted molar refractivity (Wildman–Crippen MR) is 111 cm³/mol. The van der Waals surface area contributed by atoms with Gasteiger partial charge in [-0.2, -0.15) is 0 Å². The quantitative estimate of drug-likeness (QED) is 0.739. The number of carbonyl (C=O) groups excluding carboxylic acids is 2. The van der Waals surface area contributed by atoms with E-state index in [9.17, 15) is 9.59 Å². The Morgan fingerprint density at radius 2 is 1.79 bits per heavy atom. The Balaban J connectivity index is 1.57. The third-order valence-corrected chi connectivity index (χ3v) is 5.94. The fourth-order valence-corrected chi connectivity index (χ4v) is 3.74. The lowest BCUT2D eigenvalue weighted by Crippen LogP contribution is -2.42. The molecule has 1 aliphatic rings. The highest BCUT2D eigenvalue weighted by atomic mass is 16.2. The van der Waals surface area contributed by atoms with Crippen LogP contribution in [0.1, 0.15) is 34.8 Å². The number of nitrogens with two attached hydrogens (primary N) is 1. The van der Waals surface area contributed by atoms with Gasteiger partial charge in [0.1, 0.15) is 0 Å². The fourth-order valence-electron chi connectivity index (χ4n) is 3.74. The molecule has 1 saturated carbocycles. The largest absolute Gasteiger partial charge is 0.366 e. The van der Waals surface area contributed by atoms with Gasteiger partial charge in [-0.25, -0.2) is 0 Å². The molecule has 28 heavy (non-hydrogen) atoms. The molecule has 0 heterocycles. The summed E-state index contributed by atoms with van der Waals surface area (Å²) in [6.45, 7) is 2.75. The highest BCUT2D eigenvalue weighted by molar-refractivity contribution is 5.92. The van der Waals surface area contributed by atoms with E-state index in [-0.39, 0.29) is 23.3 Å². The number of hydrogen-bond donors (Lipinski definition) is 2. The zero-order valence-electron chi connectivity index (χ0n) is 16.8. The molecule has 0 bridgehead atoms. The van der Waals surface area contributed by atoms with Gasteiger partial charge in [0.25, 0.3) is 0 Å². The van der Waals surface area contributed by atoms with Crippen molar-refractivity contribution in [2.75, 3.05) is 20.6 Å². The first-order valence-electron chi connectivity index (χ1n) is 9.69. The number of benzene rings is 2. The van der Waals surface area contributed by atoms with Crippen LogP contribution in [0.15, 0.2) is 54.6 Å². The molecule has 0 saturated heterocycles. The highest BCUT2D eigenvalue weighted by Crippen LogP contribution is 2.53. The molecule has 148 valence electrons. The van der Waals surface area contributed by atoms with Crippen molar-refractivity contribution in [2.45, 2.75) is 31.2 Å². The molecule has 0 radical (unpaired) electrons. The van der Waals surface area contributed by atoms with Crippen LogP contribution in [0.5, 0.6) is 0 Å². The van der Waals surface area contributed by atoms with E-state index >= 15 is 0 Å². The van der Waals surface area contributed by atoms with Gasteiger partial charge in [0, 0.05) is 29.5 Å². The maximum atomic E-state index is 12.7. The molecule has 5 heteroatoms. The van der Waals surface area contributed by atoms with E-state index in [1.54, 1.807) is 12.1 Å². The van der Waals surface area contributed by atoms with Crippen LogP contribution in [0.2, 0.25) is 0 Å². The zero-order valence-corrected chi connectivity index (χ0v) is 16.8. The third kappa shape index (κ3) is 4.42. The first kappa shape index (κ1) is 20.1. The Bertz CT molecular complexity index is 833. The summed E-state index contributed by atoms with van der Waals surface area (Å²) < 4.78 is 0. The lowest BCUT2D eigenvalue weighted by Gasteiger charge is -2.25. The van der Waals surface area contributed by atoms with E-state index in [0.717, 1.165) is 18.4 Å². The summed E-state index contributed by atoms with van der Waals surface area (Å²) in [5, 5.41) is 3.15. The van der Waals surface area contributed by atoms with Crippen molar-refractivity contribution >= 4 is 11.8 Å². The molecule has 0 aliphatic heterocycles. The number of carbonyl (C=O) groups is 2. The first-order valence-corrected chi connectivity index (χ1v) is 9.69. The number of amides is 2. The maximum Gasteiger partial charge on any atom is 0.248 e. The van der Waals surface area contributed by atoms with Crippen LogP contribution >= 0.6 is 0 Å². The molecule has 3 atom stereocenters. The number of hydrogen-bond acceptors (Lipinski definition) is 3. The molecule has 3 rings (SSSR count). The van der Waals surface area contributed by atoms with Crippen LogP contribution in [-0.4, -0.2) is 43.4 Å². The van der Waals surface area contributed by atoms with E-state index in [1.807, 2.05) is 44.4 Å². The van der Waals surface area contributed by atoms with Gasteiger partial charge in [-0.15, -0.1) is 0 Å². The molecule has 2 amide bonds. The van der Waals surface area contributed by atoms with Crippen molar-refractivity contribution in [3.63, 3.8) is 0 Å². The minimum atomic E-state index is -0.422. The number of nitrogens with one attached hydrogen (secondary N) is 1. The molecule has 0 aromatic heterocycles. The topological polar surface area (TPSA) is 75.4 Å². The Hall–Kier alpha value is -2.66. The Labute approximate surface area is 166 Å². The van der Waals surface area contributed by atoms with Crippen LogP contribution < -0.4 is 11.1 Å². The average Bonchev–Trinajstić information content (AvgIpc) is 3.39. The lowest BCUT2D eigenvalue weighted by molar-refractivity contribution is -0.122. The summed E-state index contributed by atoms with van der Waals surface area (Å²) in [5.41, 5.74) is 8.09. The van der Waals surface area contributed by atoms with Crippen LogP contribution in [0.4, 0.5) is 0 Å². The second-order valence-corrected chi connectivity index (χ2v) is 8.17. The van der Waals surface area contributed by atoms with Crippen molar-refractivity contribution in [3.05, 3.63) is 71.3 Å². The van der Waals surface area contributed by atoms with Gasteiger partial charge >= 0.3 is 0 Å². The molecule has 2 aromatic carbocycles. The van der Waals surface area contributed by atoms with E-state index in [2.05, 4.69) is 29.3 Å². The smallest absolute Gasteiger partial charge is 0.248 e. The molecule has 2 aromatic rings. The second kappa shape index (κ2) is 8.15. The summed E-state index contributed by atoms with van der Waals surface area (Å²) in [4.78, 5) is 26.0. The van der Waals surface area contributed by atoms with Gasteiger partial charge in [0.15, 0.2) is 0 Å². The van der Waals surface area contributed by atoms with Crippen LogP contribution in [0.3, 0.4) is 0 Å². The van der Waals surface area contributed by atoms with Crippen molar-refractivity contribution < 1.29 is 9.59 Å². The van der Waals surface area contributed by atoms with Crippen molar-refractivity contribution in [1.82, 2.24) is 10.2 Å². The van der Waals surface area contributed by atoms with Crippen molar-refractivity contribution in [3.8, 4) is 0 Å². The molecule has 1 fully saturated rings. The Morgan fingerprint density at radius 1 is 1.14 bits per heavy atom. The van der Waals surface area contributed by atoms with Gasteiger partial charge in [0.05, 0.1) is 0 Å². The monoisotopic (exact) mass is 379 g/mol. The Kier molecular flexibility index (Phi) is 5.84. The minimum Gasteiger partial charge on any atom is -0.366 e. The van der Waals surface area contributed by atoms with E-state index < -0.39 is 5.91 Å².